The fourth-order valence-electron chi connectivity index (χ4n) is 2.14. The van der Waals surface area contributed by atoms with Gasteiger partial charge >= 0.3 is 0 Å². The van der Waals surface area contributed by atoms with Gasteiger partial charge in [-0.3, -0.25) is 14.5 Å². The third-order valence-electron chi connectivity index (χ3n) is 3.17. The van der Waals surface area contributed by atoms with Crippen molar-refractivity contribution in [3.8, 4) is 0 Å². The topological polar surface area (TPSA) is 95.3 Å². The van der Waals surface area contributed by atoms with E-state index in [1.165, 1.54) is 6.92 Å². The first kappa shape index (κ1) is 12.6. The molecule has 1 aromatic heterocycles. The molecule has 1 aliphatic heterocycles. The average molecular weight is 251 g/mol. The van der Waals surface area contributed by atoms with Crippen molar-refractivity contribution in [2.24, 2.45) is 5.73 Å². The molecule has 1 atom stereocenters. The minimum Gasteiger partial charge on any atom is -0.368 e. The summed E-state index contributed by atoms with van der Waals surface area (Å²) in [6.07, 6.45) is 3.40. The molecule has 3 N–H and O–H groups in total. The first-order valence-corrected chi connectivity index (χ1v) is 5.85. The monoisotopic (exact) mass is 251 g/mol. The molecule has 1 saturated heterocycles. The molecular weight excluding hydrogens is 234 g/mol. The second-order valence-electron chi connectivity index (χ2n) is 4.39. The molecule has 0 aromatic carbocycles. The van der Waals surface area contributed by atoms with Gasteiger partial charge < -0.3 is 15.6 Å². The fraction of sp³-hybridized carbons (Fsp3) is 0.545. The maximum atomic E-state index is 11.5. The van der Waals surface area contributed by atoms with Crippen LogP contribution in [-0.2, 0) is 16.1 Å². The number of imidazole rings is 1. The van der Waals surface area contributed by atoms with Crippen LogP contribution in [0, 0.1) is 0 Å². The normalized spacial score (nSPS) is 20.9. The van der Waals surface area contributed by atoms with Gasteiger partial charge in [0, 0.05) is 39.0 Å². The van der Waals surface area contributed by atoms with Gasteiger partial charge in [-0.1, -0.05) is 0 Å². The van der Waals surface area contributed by atoms with Crippen LogP contribution >= 0.6 is 0 Å². The smallest absolute Gasteiger partial charge is 0.236 e. The van der Waals surface area contributed by atoms with Crippen LogP contribution in [0.1, 0.15) is 12.7 Å². The summed E-state index contributed by atoms with van der Waals surface area (Å²) in [5.74, 6) is 0.351. The minimum absolute atomic E-state index is 0.0288. The molecule has 2 heterocycles. The maximum absolute atomic E-state index is 11.5. The summed E-state index contributed by atoms with van der Waals surface area (Å²) in [6.45, 7) is 3.62. The number of nitrogens with two attached hydrogens (primary N) is 1. The molecule has 0 spiro atoms. The molecule has 0 radical (unpaired) electrons. The molecule has 18 heavy (non-hydrogen) atoms. The summed E-state index contributed by atoms with van der Waals surface area (Å²) in [5, 5.41) is 0. The highest BCUT2D eigenvalue weighted by Crippen LogP contribution is 2.12. The van der Waals surface area contributed by atoms with Crippen LogP contribution in [0.25, 0.3) is 0 Å². The first-order chi connectivity index (χ1) is 8.58. The second kappa shape index (κ2) is 5.18. The number of rotatable bonds is 3. The van der Waals surface area contributed by atoms with Crippen molar-refractivity contribution >= 4 is 11.8 Å². The van der Waals surface area contributed by atoms with Crippen molar-refractivity contribution in [2.75, 3.05) is 19.6 Å². The number of nitrogens with zero attached hydrogens (tertiary/aromatic N) is 3. The summed E-state index contributed by atoms with van der Waals surface area (Å²) in [6, 6.07) is -0.451. The summed E-state index contributed by atoms with van der Waals surface area (Å²) in [7, 11) is 0. The van der Waals surface area contributed by atoms with Gasteiger partial charge in [-0.15, -0.1) is 0 Å². The summed E-state index contributed by atoms with van der Waals surface area (Å²) in [4.78, 5) is 33.5. The number of carbonyl (C=O) groups is 2. The Labute approximate surface area is 105 Å². The fourth-order valence-corrected chi connectivity index (χ4v) is 2.14. The number of carbonyl (C=O) groups excluding carboxylic acids is 2. The Morgan fingerprint density at radius 2 is 2.33 bits per heavy atom. The highest BCUT2D eigenvalue weighted by atomic mass is 16.2. The van der Waals surface area contributed by atoms with Gasteiger partial charge in [0.25, 0.3) is 0 Å². The van der Waals surface area contributed by atoms with Crippen molar-refractivity contribution in [1.82, 2.24) is 19.8 Å². The molecule has 1 fully saturated rings. The molecule has 1 aliphatic rings. The molecule has 1 unspecified atom stereocenters. The van der Waals surface area contributed by atoms with Crippen LogP contribution in [0.3, 0.4) is 0 Å². The minimum atomic E-state index is -0.451. The van der Waals surface area contributed by atoms with Crippen LogP contribution in [0.4, 0.5) is 0 Å². The van der Waals surface area contributed by atoms with Crippen molar-refractivity contribution in [1.29, 1.82) is 0 Å². The van der Waals surface area contributed by atoms with E-state index >= 15 is 0 Å². The number of aromatic amines is 1. The SMILES string of the molecule is CC(=O)N1CCN(Cc2ncc[nH]2)C(C(N)=O)C1. The molecule has 98 valence electrons. The number of piperazine rings is 1. The van der Waals surface area contributed by atoms with E-state index < -0.39 is 11.9 Å². The Kier molecular flexibility index (Phi) is 3.61. The summed E-state index contributed by atoms with van der Waals surface area (Å²) >= 11 is 0. The zero-order valence-corrected chi connectivity index (χ0v) is 10.3. The molecule has 0 bridgehead atoms. The van der Waals surface area contributed by atoms with Crippen molar-refractivity contribution in [2.45, 2.75) is 19.5 Å². The largest absolute Gasteiger partial charge is 0.368 e. The maximum Gasteiger partial charge on any atom is 0.236 e. The number of amides is 2. The van der Waals surface area contributed by atoms with Gasteiger partial charge in [0.15, 0.2) is 0 Å². The zero-order chi connectivity index (χ0) is 13.1. The van der Waals surface area contributed by atoms with Gasteiger partial charge in [0.05, 0.1) is 6.54 Å². The molecule has 7 nitrogen and oxygen atoms in total. The lowest BCUT2D eigenvalue weighted by molar-refractivity contribution is -0.135. The number of primary amides is 1. The van der Waals surface area contributed by atoms with Crippen LogP contribution in [-0.4, -0.2) is 57.3 Å². The van der Waals surface area contributed by atoms with E-state index in [4.69, 9.17) is 5.73 Å². The van der Waals surface area contributed by atoms with Gasteiger partial charge in [0.1, 0.15) is 11.9 Å². The van der Waals surface area contributed by atoms with Gasteiger partial charge in [-0.2, -0.15) is 0 Å². The van der Waals surface area contributed by atoms with Crippen LogP contribution in [0.15, 0.2) is 12.4 Å². The summed E-state index contributed by atoms with van der Waals surface area (Å²) < 4.78 is 0. The lowest BCUT2D eigenvalue weighted by atomic mass is 10.1. The third kappa shape index (κ3) is 2.67. The van der Waals surface area contributed by atoms with E-state index in [-0.39, 0.29) is 5.91 Å². The Morgan fingerprint density at radius 1 is 1.56 bits per heavy atom. The predicted molar refractivity (Wildman–Crippen MR) is 64.2 cm³/mol. The van der Waals surface area contributed by atoms with E-state index in [0.717, 1.165) is 5.82 Å². The Balaban J connectivity index is 2.06. The zero-order valence-electron chi connectivity index (χ0n) is 10.3. The Bertz CT molecular complexity index is 431. The van der Waals surface area contributed by atoms with Crippen LogP contribution in [0.2, 0.25) is 0 Å². The number of hydrogen-bond acceptors (Lipinski definition) is 4. The van der Waals surface area contributed by atoms with Crippen LogP contribution < -0.4 is 5.73 Å². The molecular formula is C11H17N5O2. The van der Waals surface area contributed by atoms with E-state index in [9.17, 15) is 9.59 Å². The number of aromatic nitrogens is 2. The van der Waals surface area contributed by atoms with E-state index in [2.05, 4.69) is 9.97 Å². The molecule has 1 aromatic rings. The van der Waals surface area contributed by atoms with Gasteiger partial charge in [-0.25, -0.2) is 4.98 Å². The molecule has 7 heteroatoms. The number of H-pyrrole nitrogens is 1. The van der Waals surface area contributed by atoms with E-state index in [1.807, 2.05) is 4.90 Å². The number of hydrogen-bond donors (Lipinski definition) is 2. The third-order valence-corrected chi connectivity index (χ3v) is 3.17. The lowest BCUT2D eigenvalue weighted by Gasteiger charge is -2.39. The molecule has 0 aliphatic carbocycles. The van der Waals surface area contributed by atoms with E-state index in [0.29, 0.717) is 26.2 Å². The second-order valence-corrected chi connectivity index (χ2v) is 4.39. The molecule has 2 rings (SSSR count). The van der Waals surface area contributed by atoms with Crippen molar-refractivity contribution < 1.29 is 9.59 Å². The standard InChI is InChI=1S/C11H17N5O2/c1-8(17)15-4-5-16(9(6-15)11(12)18)7-10-13-2-3-14-10/h2-3,9H,4-7H2,1H3,(H2,12,18)(H,13,14). The van der Waals surface area contributed by atoms with Crippen molar-refractivity contribution in [3.05, 3.63) is 18.2 Å². The Hall–Kier alpha value is -1.89. The first-order valence-electron chi connectivity index (χ1n) is 5.85. The van der Waals surface area contributed by atoms with Crippen molar-refractivity contribution in [3.63, 3.8) is 0 Å². The van der Waals surface area contributed by atoms with Crippen LogP contribution in [0.5, 0.6) is 0 Å². The lowest BCUT2D eigenvalue weighted by Crippen LogP contribution is -2.58. The van der Waals surface area contributed by atoms with Gasteiger partial charge in [-0.05, 0) is 0 Å². The average Bonchev–Trinajstić information content (AvgIpc) is 2.81. The van der Waals surface area contributed by atoms with E-state index in [1.54, 1.807) is 17.3 Å². The number of nitrogens with one attached hydrogen (secondary N) is 1. The van der Waals surface area contributed by atoms with Gasteiger partial charge in [0.2, 0.25) is 11.8 Å². The Morgan fingerprint density at radius 3 is 2.89 bits per heavy atom. The predicted octanol–water partition coefficient (Wildman–Crippen LogP) is -1.07. The molecule has 2 amide bonds. The highest BCUT2D eigenvalue weighted by Gasteiger charge is 2.32. The summed E-state index contributed by atoms with van der Waals surface area (Å²) in [5.41, 5.74) is 5.40. The molecule has 0 saturated carbocycles. The highest BCUT2D eigenvalue weighted by molar-refractivity contribution is 5.82. The quantitative estimate of drug-likeness (QED) is 0.715.